The van der Waals surface area contributed by atoms with Crippen molar-refractivity contribution in [3.63, 3.8) is 0 Å². The van der Waals surface area contributed by atoms with Gasteiger partial charge in [0.05, 0.1) is 18.0 Å². The minimum Gasteiger partial charge on any atom is -0.381 e. The van der Waals surface area contributed by atoms with E-state index in [1.807, 2.05) is 19.1 Å². The van der Waals surface area contributed by atoms with Gasteiger partial charge in [-0.2, -0.15) is 0 Å². The van der Waals surface area contributed by atoms with E-state index in [0.717, 1.165) is 61.8 Å². The van der Waals surface area contributed by atoms with E-state index in [1.54, 1.807) is 6.20 Å². The predicted molar refractivity (Wildman–Crippen MR) is 189 cm³/mol. The number of nitrogens with one attached hydrogen (secondary N) is 1. The van der Waals surface area contributed by atoms with Crippen molar-refractivity contribution in [3.05, 3.63) is 59.5 Å². The summed E-state index contributed by atoms with van der Waals surface area (Å²) in [5.41, 5.74) is 12.2. The van der Waals surface area contributed by atoms with Crippen LogP contribution in [0.4, 0.5) is 17.2 Å². The van der Waals surface area contributed by atoms with E-state index in [4.69, 9.17) is 20.4 Å². The summed E-state index contributed by atoms with van der Waals surface area (Å²) >= 11 is 0. The van der Waals surface area contributed by atoms with Gasteiger partial charge in [-0.05, 0) is 131 Å². The number of aromatic nitrogens is 3. The highest BCUT2D eigenvalue weighted by Crippen LogP contribution is 2.56. The maximum Gasteiger partial charge on any atom is 0.271 e. The number of aryl methyl sites for hydroxylation is 1. The molecule has 1 amide bonds. The Bertz CT molecular complexity index is 1630. The quantitative estimate of drug-likeness (QED) is 0.346. The number of anilines is 3. The van der Waals surface area contributed by atoms with Gasteiger partial charge in [-0.1, -0.05) is 6.07 Å². The zero-order chi connectivity index (χ0) is 32.9. The SMILES string of the molecule is Cc1cccnc1-c1nc(C(N)=O)c(Nc2ccc(N3CCC(N4CC5(CCN(C)CC5)C4)CC3)cc2)nc1CC1CCOCC12CC2. The highest BCUT2D eigenvalue weighted by Gasteiger charge is 2.51. The molecule has 10 heteroatoms. The summed E-state index contributed by atoms with van der Waals surface area (Å²) in [5, 5.41) is 3.41. The van der Waals surface area contributed by atoms with Gasteiger partial charge in [-0.25, -0.2) is 9.97 Å². The lowest BCUT2D eigenvalue weighted by atomic mass is 9.71. The lowest BCUT2D eigenvalue weighted by molar-refractivity contribution is -0.0704. The van der Waals surface area contributed by atoms with Gasteiger partial charge in [-0.15, -0.1) is 0 Å². The number of carbonyl (C=O) groups is 1. The highest BCUT2D eigenvalue weighted by atomic mass is 16.5. The number of nitrogens with zero attached hydrogens (tertiary/aromatic N) is 6. The lowest BCUT2D eigenvalue weighted by Gasteiger charge is -2.57. The smallest absolute Gasteiger partial charge is 0.271 e. The number of benzene rings is 1. The second-order valence-corrected chi connectivity index (χ2v) is 15.5. The third-order valence-electron chi connectivity index (χ3n) is 12.2. The second kappa shape index (κ2) is 12.7. The summed E-state index contributed by atoms with van der Waals surface area (Å²) in [6, 6.07) is 13.1. The molecule has 5 aliphatic rings. The number of pyridine rings is 1. The molecule has 254 valence electrons. The number of amides is 1. The van der Waals surface area contributed by atoms with Crippen LogP contribution in [0.1, 0.15) is 66.7 Å². The van der Waals surface area contributed by atoms with E-state index >= 15 is 0 Å². The van der Waals surface area contributed by atoms with Crippen LogP contribution in [0.3, 0.4) is 0 Å². The van der Waals surface area contributed by atoms with E-state index < -0.39 is 5.91 Å². The molecule has 3 aromatic rings. The van der Waals surface area contributed by atoms with Crippen LogP contribution in [0, 0.1) is 23.7 Å². The van der Waals surface area contributed by atoms with Crippen LogP contribution < -0.4 is 16.0 Å². The summed E-state index contributed by atoms with van der Waals surface area (Å²) in [6.07, 6.45) is 11.1. The zero-order valence-electron chi connectivity index (χ0n) is 28.6. The molecule has 10 nitrogen and oxygen atoms in total. The van der Waals surface area contributed by atoms with Crippen molar-refractivity contribution >= 4 is 23.1 Å². The Morgan fingerprint density at radius 3 is 2.42 bits per heavy atom. The molecule has 1 aromatic carbocycles. The number of rotatable bonds is 8. The molecule has 3 N–H and O–H groups in total. The average Bonchev–Trinajstić information content (AvgIpc) is 3.86. The molecule has 8 rings (SSSR count). The van der Waals surface area contributed by atoms with Gasteiger partial charge in [0.2, 0.25) is 0 Å². The first-order chi connectivity index (χ1) is 23.3. The number of carbonyl (C=O) groups excluding carboxylic acids is 1. The van der Waals surface area contributed by atoms with Gasteiger partial charge in [0.15, 0.2) is 11.5 Å². The van der Waals surface area contributed by atoms with Crippen LogP contribution in [-0.4, -0.2) is 96.2 Å². The summed E-state index contributed by atoms with van der Waals surface area (Å²) in [6.45, 7) is 10.8. The Kier molecular flexibility index (Phi) is 8.37. The van der Waals surface area contributed by atoms with E-state index in [1.165, 1.54) is 70.4 Å². The van der Waals surface area contributed by atoms with Crippen LogP contribution in [0.15, 0.2) is 42.6 Å². The van der Waals surface area contributed by atoms with Crippen LogP contribution in [0.25, 0.3) is 11.4 Å². The standard InChI is InChI=1S/C38H50N8O2/c1-26-4-3-16-40-32(26)33-31(22-27-11-21-48-25-38(27)12-13-38)42-36(34(43-33)35(39)47)41-28-5-7-29(8-6-28)45-17-9-30(10-18-45)46-23-37(24-46)14-19-44(2)20-15-37/h3-8,16,27,30H,9-15,17-25H2,1-2H3,(H2,39,47)(H,41,42). The molecule has 4 saturated heterocycles. The van der Waals surface area contributed by atoms with Crippen molar-refractivity contribution in [2.24, 2.45) is 22.5 Å². The van der Waals surface area contributed by atoms with Crippen molar-refractivity contribution in [2.75, 3.05) is 69.7 Å². The van der Waals surface area contributed by atoms with Gasteiger partial charge in [0.1, 0.15) is 5.69 Å². The monoisotopic (exact) mass is 650 g/mol. The van der Waals surface area contributed by atoms with Gasteiger partial charge < -0.3 is 25.6 Å². The van der Waals surface area contributed by atoms with Crippen molar-refractivity contribution in [1.29, 1.82) is 0 Å². The second-order valence-electron chi connectivity index (χ2n) is 15.5. The fourth-order valence-corrected chi connectivity index (χ4v) is 8.85. The number of primary amides is 1. The number of ether oxygens (including phenoxy) is 1. The predicted octanol–water partition coefficient (Wildman–Crippen LogP) is 5.05. The first kappa shape index (κ1) is 31.7. The molecule has 0 bridgehead atoms. The van der Waals surface area contributed by atoms with E-state index in [0.29, 0.717) is 28.9 Å². The Balaban J connectivity index is 0.972. The zero-order valence-corrected chi connectivity index (χ0v) is 28.6. The van der Waals surface area contributed by atoms with Crippen LogP contribution in [0.5, 0.6) is 0 Å². The Hall–Kier alpha value is -3.60. The maximum absolute atomic E-state index is 12.8. The van der Waals surface area contributed by atoms with Gasteiger partial charge >= 0.3 is 0 Å². The normalized spacial score (nSPS) is 24.0. The number of likely N-dealkylation sites (tertiary alicyclic amines) is 2. The molecule has 5 fully saturated rings. The van der Waals surface area contributed by atoms with Crippen molar-refractivity contribution in [1.82, 2.24) is 24.8 Å². The molecule has 2 spiro atoms. The fourth-order valence-electron chi connectivity index (χ4n) is 8.85. The van der Waals surface area contributed by atoms with Crippen LogP contribution in [0.2, 0.25) is 0 Å². The fraction of sp³-hybridized carbons (Fsp3) is 0.579. The number of hydrogen-bond donors (Lipinski definition) is 2. The largest absolute Gasteiger partial charge is 0.381 e. The summed E-state index contributed by atoms with van der Waals surface area (Å²) in [7, 11) is 2.25. The van der Waals surface area contributed by atoms with Crippen molar-refractivity contribution in [3.8, 4) is 11.4 Å². The molecule has 0 radical (unpaired) electrons. The first-order valence-electron chi connectivity index (χ1n) is 18.0. The van der Waals surface area contributed by atoms with Crippen LogP contribution in [-0.2, 0) is 11.2 Å². The van der Waals surface area contributed by atoms with Gasteiger partial charge in [0.25, 0.3) is 5.91 Å². The van der Waals surface area contributed by atoms with Crippen molar-refractivity contribution < 1.29 is 9.53 Å². The van der Waals surface area contributed by atoms with Gasteiger partial charge in [-0.3, -0.25) is 14.7 Å². The Morgan fingerprint density at radius 2 is 1.73 bits per heavy atom. The summed E-state index contributed by atoms with van der Waals surface area (Å²) in [5.74, 6) is 0.243. The lowest BCUT2D eigenvalue weighted by Crippen LogP contribution is -2.63. The van der Waals surface area contributed by atoms with Gasteiger partial charge in [0, 0.05) is 56.4 Å². The molecule has 2 aromatic heterocycles. The van der Waals surface area contributed by atoms with E-state index in [9.17, 15) is 4.79 Å². The third-order valence-corrected chi connectivity index (χ3v) is 12.2. The van der Waals surface area contributed by atoms with Crippen molar-refractivity contribution in [2.45, 2.75) is 64.3 Å². The molecular weight excluding hydrogens is 600 g/mol. The Labute approximate surface area is 284 Å². The third kappa shape index (κ3) is 6.18. The minimum absolute atomic E-state index is 0.131. The molecule has 6 heterocycles. The highest BCUT2D eigenvalue weighted by molar-refractivity contribution is 5.97. The van der Waals surface area contributed by atoms with E-state index in [2.05, 4.69) is 56.3 Å². The Morgan fingerprint density at radius 1 is 0.979 bits per heavy atom. The molecule has 1 saturated carbocycles. The molecular formula is C38H50N8O2. The topological polar surface area (TPSA) is 113 Å². The molecule has 1 atom stereocenters. The molecule has 1 aliphatic carbocycles. The van der Waals surface area contributed by atoms with Crippen LogP contribution >= 0.6 is 0 Å². The average molecular weight is 651 g/mol. The van der Waals surface area contributed by atoms with E-state index in [-0.39, 0.29) is 11.1 Å². The first-order valence-corrected chi connectivity index (χ1v) is 18.0. The molecule has 1 unspecified atom stereocenters. The number of nitrogens with two attached hydrogens (primary N) is 1. The maximum atomic E-state index is 12.8. The number of hydrogen-bond acceptors (Lipinski definition) is 9. The molecule has 48 heavy (non-hydrogen) atoms. The summed E-state index contributed by atoms with van der Waals surface area (Å²) in [4.78, 5) is 35.2. The molecule has 4 aliphatic heterocycles. The minimum atomic E-state index is -0.612. The number of piperidine rings is 2. The summed E-state index contributed by atoms with van der Waals surface area (Å²) < 4.78 is 5.88.